The van der Waals surface area contributed by atoms with Crippen LogP contribution in [0.5, 0.6) is 0 Å². The molecule has 1 amide bonds. The molecule has 0 saturated carbocycles. The Balaban J connectivity index is 1.28. The molecule has 0 atom stereocenters. The molecule has 1 aliphatic heterocycles. The number of nitrogens with one attached hydrogen (secondary N) is 1. The largest absolute Gasteiger partial charge is 0.416 e. The highest BCUT2D eigenvalue weighted by molar-refractivity contribution is 7.92. The van der Waals surface area contributed by atoms with Crippen molar-refractivity contribution in [2.45, 2.75) is 12.7 Å². The lowest BCUT2D eigenvalue weighted by molar-refractivity contribution is -0.137. The van der Waals surface area contributed by atoms with Crippen LogP contribution in [0.1, 0.15) is 22.5 Å². The van der Waals surface area contributed by atoms with Gasteiger partial charge in [0.2, 0.25) is 0 Å². The van der Waals surface area contributed by atoms with Crippen molar-refractivity contribution in [3.63, 3.8) is 0 Å². The second-order valence-electron chi connectivity index (χ2n) is 10.5. The average Bonchev–Trinajstić information content (AvgIpc) is 3.54. The van der Waals surface area contributed by atoms with E-state index in [2.05, 4.69) is 0 Å². The SMILES string of the molecule is O=C1CN(c2ccc(Cn3cc(-c4ccc(F)cc4Cl)nc3C=Cc3ccc(-c4cccc(C(F)(F)F)c4)cc3)cc2)S(=O)(=O)N1. The predicted molar refractivity (Wildman–Crippen MR) is 168 cm³/mol. The molecule has 1 fully saturated rings. The number of benzene rings is 4. The van der Waals surface area contributed by atoms with Crippen LogP contribution in [-0.4, -0.2) is 30.4 Å². The number of imidazole rings is 1. The van der Waals surface area contributed by atoms with Gasteiger partial charge in [0, 0.05) is 18.3 Å². The maximum Gasteiger partial charge on any atom is 0.416 e. The lowest BCUT2D eigenvalue weighted by Gasteiger charge is -2.15. The van der Waals surface area contributed by atoms with Crippen molar-refractivity contribution < 1.29 is 30.8 Å². The summed E-state index contributed by atoms with van der Waals surface area (Å²) in [4.78, 5) is 16.3. The van der Waals surface area contributed by atoms with Crippen molar-refractivity contribution in [2.24, 2.45) is 0 Å². The van der Waals surface area contributed by atoms with Crippen molar-refractivity contribution in [1.82, 2.24) is 14.3 Å². The number of hydrogen-bond donors (Lipinski definition) is 1. The Morgan fingerprint density at radius 2 is 1.65 bits per heavy atom. The number of carbonyl (C=O) groups excluding carboxylic acids is 1. The maximum absolute atomic E-state index is 13.7. The lowest BCUT2D eigenvalue weighted by Crippen LogP contribution is -2.29. The second-order valence-corrected chi connectivity index (χ2v) is 12.5. The van der Waals surface area contributed by atoms with Gasteiger partial charge in [0.1, 0.15) is 18.2 Å². The summed E-state index contributed by atoms with van der Waals surface area (Å²) in [6.07, 6.45) is 0.891. The van der Waals surface area contributed by atoms with E-state index in [4.69, 9.17) is 16.6 Å². The number of carbonyl (C=O) groups is 1. The summed E-state index contributed by atoms with van der Waals surface area (Å²) < 4.78 is 82.4. The molecule has 234 valence electrons. The van der Waals surface area contributed by atoms with Crippen LogP contribution in [0.15, 0.2) is 97.2 Å². The minimum Gasteiger partial charge on any atom is -0.326 e. The Hall–Kier alpha value is -4.94. The summed E-state index contributed by atoms with van der Waals surface area (Å²) in [5.74, 6) is -0.576. The quantitative estimate of drug-likeness (QED) is 0.183. The Morgan fingerprint density at radius 3 is 2.30 bits per heavy atom. The molecular weight excluding hydrogens is 644 g/mol. The van der Waals surface area contributed by atoms with E-state index in [9.17, 15) is 30.8 Å². The molecule has 0 aliphatic carbocycles. The van der Waals surface area contributed by atoms with Gasteiger partial charge in [-0.3, -0.25) is 4.79 Å². The molecule has 7 nitrogen and oxygen atoms in total. The maximum atomic E-state index is 13.7. The van der Waals surface area contributed by atoms with Crippen LogP contribution in [-0.2, 0) is 27.7 Å². The molecule has 1 aromatic heterocycles. The molecule has 1 N–H and O–H groups in total. The number of amides is 1. The average molecular weight is 667 g/mol. The van der Waals surface area contributed by atoms with Gasteiger partial charge in [-0.1, -0.05) is 66.2 Å². The first-order valence-electron chi connectivity index (χ1n) is 13.8. The summed E-state index contributed by atoms with van der Waals surface area (Å²) in [5, 5.41) is 0.185. The molecule has 5 aromatic rings. The van der Waals surface area contributed by atoms with Gasteiger partial charge >= 0.3 is 16.4 Å². The third-order valence-corrected chi connectivity index (χ3v) is 8.99. The molecule has 1 aliphatic rings. The van der Waals surface area contributed by atoms with Gasteiger partial charge in [-0.15, -0.1) is 0 Å². The highest BCUT2D eigenvalue weighted by Gasteiger charge is 2.34. The number of aromatic nitrogens is 2. The number of nitrogens with zero attached hydrogens (tertiary/aromatic N) is 3. The van der Waals surface area contributed by atoms with Crippen molar-refractivity contribution in [2.75, 3.05) is 10.8 Å². The van der Waals surface area contributed by atoms with Crippen LogP contribution in [0.25, 0.3) is 34.5 Å². The topological polar surface area (TPSA) is 84.3 Å². The van der Waals surface area contributed by atoms with Crippen LogP contribution >= 0.6 is 11.6 Å². The molecule has 13 heteroatoms. The Morgan fingerprint density at radius 1 is 0.913 bits per heavy atom. The summed E-state index contributed by atoms with van der Waals surface area (Å²) >= 11 is 6.32. The summed E-state index contributed by atoms with van der Waals surface area (Å²) in [6, 6.07) is 22.8. The fraction of sp³-hybridized carbons (Fsp3) is 0.0909. The van der Waals surface area contributed by atoms with E-state index in [1.165, 1.54) is 24.3 Å². The van der Waals surface area contributed by atoms with Crippen LogP contribution in [0.2, 0.25) is 5.02 Å². The zero-order valence-corrected chi connectivity index (χ0v) is 25.2. The number of hydrogen-bond acceptors (Lipinski definition) is 4. The molecule has 6 rings (SSSR count). The number of alkyl halides is 3. The first-order valence-corrected chi connectivity index (χ1v) is 15.6. The van der Waals surface area contributed by atoms with Crippen LogP contribution in [0, 0.1) is 5.82 Å². The molecule has 46 heavy (non-hydrogen) atoms. The summed E-state index contributed by atoms with van der Waals surface area (Å²) in [6.45, 7) is 0.0189. The van der Waals surface area contributed by atoms with Crippen LogP contribution in [0.4, 0.5) is 23.2 Å². The van der Waals surface area contributed by atoms with E-state index < -0.39 is 33.7 Å². The fourth-order valence-corrected chi connectivity index (χ4v) is 6.40. The van der Waals surface area contributed by atoms with E-state index >= 15 is 0 Å². The van der Waals surface area contributed by atoms with Crippen LogP contribution < -0.4 is 9.03 Å². The second kappa shape index (κ2) is 12.1. The van der Waals surface area contributed by atoms with Gasteiger partial charge < -0.3 is 4.57 Å². The molecule has 2 heterocycles. The minimum absolute atomic E-state index is 0.185. The van der Waals surface area contributed by atoms with Gasteiger partial charge in [-0.25, -0.2) is 18.4 Å². The highest BCUT2D eigenvalue weighted by Crippen LogP contribution is 2.33. The molecular formula is C33H23ClF4N4O3S. The smallest absolute Gasteiger partial charge is 0.326 e. The number of halogens is 5. The third kappa shape index (κ3) is 6.68. The van der Waals surface area contributed by atoms with E-state index in [1.54, 1.807) is 72.9 Å². The molecule has 0 unspecified atom stereocenters. The summed E-state index contributed by atoms with van der Waals surface area (Å²) in [7, 11) is -3.94. The van der Waals surface area contributed by atoms with Gasteiger partial charge in [-0.05, 0) is 70.8 Å². The van der Waals surface area contributed by atoms with Crippen molar-refractivity contribution in [1.29, 1.82) is 0 Å². The molecule has 0 bridgehead atoms. The zero-order chi connectivity index (χ0) is 32.6. The van der Waals surface area contributed by atoms with E-state index in [0.717, 1.165) is 27.6 Å². The van der Waals surface area contributed by atoms with E-state index in [1.807, 2.05) is 9.29 Å². The van der Waals surface area contributed by atoms with Crippen molar-refractivity contribution in [3.05, 3.63) is 131 Å². The Labute approximate surface area is 266 Å². The number of rotatable bonds is 7. The van der Waals surface area contributed by atoms with Gasteiger partial charge in [0.25, 0.3) is 5.91 Å². The first-order chi connectivity index (χ1) is 21.9. The van der Waals surface area contributed by atoms with E-state index in [0.29, 0.717) is 40.4 Å². The van der Waals surface area contributed by atoms with Crippen molar-refractivity contribution >= 4 is 45.6 Å². The predicted octanol–water partition coefficient (Wildman–Crippen LogP) is 7.43. The van der Waals surface area contributed by atoms with Crippen molar-refractivity contribution in [3.8, 4) is 22.4 Å². The molecule has 0 radical (unpaired) electrons. The Bertz CT molecular complexity index is 2080. The van der Waals surface area contributed by atoms with Crippen LogP contribution in [0.3, 0.4) is 0 Å². The monoisotopic (exact) mass is 666 g/mol. The van der Waals surface area contributed by atoms with Gasteiger partial charge in [0.05, 0.1) is 22.0 Å². The first kappa shape index (κ1) is 31.1. The van der Waals surface area contributed by atoms with Gasteiger partial charge in [0.15, 0.2) is 0 Å². The normalized spacial score (nSPS) is 14.6. The third-order valence-electron chi connectivity index (χ3n) is 7.27. The van der Waals surface area contributed by atoms with Gasteiger partial charge in [-0.2, -0.15) is 21.6 Å². The fourth-order valence-electron chi connectivity index (χ4n) is 4.99. The zero-order valence-electron chi connectivity index (χ0n) is 23.7. The standard InChI is InChI=1S/C33H23ClF4N4O3S/c34-29-17-26(35)11-14-28(29)30-19-41(18-22-6-12-27(13-7-22)42-20-32(43)40-46(42,44)45)31(39-30)15-8-21-4-9-23(10-5-21)24-2-1-3-25(16-24)33(36,37)38/h1-17,19H,18,20H2,(H,40,43). The summed E-state index contributed by atoms with van der Waals surface area (Å²) in [5.41, 5.74) is 3.27. The minimum atomic E-state index is -4.44. The molecule has 1 saturated heterocycles. The highest BCUT2D eigenvalue weighted by atomic mass is 35.5. The Kier molecular flexibility index (Phi) is 8.17. The van der Waals surface area contributed by atoms with E-state index in [-0.39, 0.29) is 11.6 Å². The number of anilines is 1. The lowest BCUT2D eigenvalue weighted by atomic mass is 10.0. The molecule has 4 aromatic carbocycles. The molecule has 0 spiro atoms.